The fraction of sp³-hybridized carbons (Fsp3) is 0.400. The Balaban J connectivity index is 2.16. The molecule has 0 atom stereocenters. The van der Waals surface area contributed by atoms with Crippen molar-refractivity contribution in [1.29, 1.82) is 0 Å². The Hall–Kier alpha value is -1.61. The Morgan fingerprint density at radius 2 is 2.17 bits per heavy atom. The van der Waals surface area contributed by atoms with Gasteiger partial charge in [0, 0.05) is 36.1 Å². The molecular weight excluding hydrogens is 222 g/mol. The van der Waals surface area contributed by atoms with Crippen LogP contribution in [0.4, 0.5) is 0 Å². The molecule has 1 aromatic carbocycles. The van der Waals surface area contributed by atoms with E-state index < -0.39 is 0 Å². The number of hydrogen-bond donors (Lipinski definition) is 1. The number of benzene rings is 1. The molecule has 1 aliphatic rings. The lowest BCUT2D eigenvalue weighted by Crippen LogP contribution is -2.21. The Morgan fingerprint density at radius 1 is 1.33 bits per heavy atom. The molecule has 2 aromatic rings. The fourth-order valence-corrected chi connectivity index (χ4v) is 2.91. The number of hydrogen-bond acceptors (Lipinski definition) is 2. The van der Waals surface area contributed by atoms with Crippen LogP contribution in [0.15, 0.2) is 23.2 Å². The van der Waals surface area contributed by atoms with E-state index in [0.717, 1.165) is 25.9 Å². The van der Waals surface area contributed by atoms with E-state index in [0.29, 0.717) is 6.54 Å². The third-order valence-electron chi connectivity index (χ3n) is 3.87. The number of aromatic amines is 1. The second-order valence-corrected chi connectivity index (χ2v) is 5.11. The number of rotatable bonds is 2. The first-order chi connectivity index (χ1) is 8.79. The van der Waals surface area contributed by atoms with Gasteiger partial charge in [-0.1, -0.05) is 12.1 Å². The SMILES string of the molecule is C=NCc1cccc2[nH]c3c(c12)CCN(C)CC3. The van der Waals surface area contributed by atoms with E-state index in [-0.39, 0.29) is 0 Å². The van der Waals surface area contributed by atoms with Crippen molar-refractivity contribution in [2.45, 2.75) is 19.4 Å². The first-order valence-electron chi connectivity index (χ1n) is 6.52. The summed E-state index contributed by atoms with van der Waals surface area (Å²) in [5.41, 5.74) is 5.45. The van der Waals surface area contributed by atoms with E-state index in [9.17, 15) is 0 Å². The third-order valence-corrected chi connectivity index (χ3v) is 3.87. The summed E-state index contributed by atoms with van der Waals surface area (Å²) in [7, 11) is 2.19. The van der Waals surface area contributed by atoms with Gasteiger partial charge in [0.1, 0.15) is 0 Å². The Bertz CT molecular complexity index is 583. The molecule has 1 aliphatic heterocycles. The average Bonchev–Trinajstić information content (AvgIpc) is 2.63. The van der Waals surface area contributed by atoms with Crippen molar-refractivity contribution in [2.24, 2.45) is 4.99 Å². The lowest BCUT2D eigenvalue weighted by molar-refractivity contribution is 0.352. The summed E-state index contributed by atoms with van der Waals surface area (Å²) in [4.78, 5) is 10.0. The van der Waals surface area contributed by atoms with Crippen molar-refractivity contribution >= 4 is 17.6 Å². The molecule has 94 valence electrons. The molecule has 3 heteroatoms. The van der Waals surface area contributed by atoms with Crippen LogP contribution in [0.5, 0.6) is 0 Å². The Kier molecular flexibility index (Phi) is 2.92. The molecule has 2 heterocycles. The van der Waals surface area contributed by atoms with E-state index >= 15 is 0 Å². The zero-order chi connectivity index (χ0) is 12.5. The zero-order valence-electron chi connectivity index (χ0n) is 10.9. The van der Waals surface area contributed by atoms with Crippen LogP contribution in [0.1, 0.15) is 16.8 Å². The van der Waals surface area contributed by atoms with Gasteiger partial charge >= 0.3 is 0 Å². The predicted octanol–water partition coefficient (Wildman–Crippen LogP) is 2.40. The summed E-state index contributed by atoms with van der Waals surface area (Å²) in [5.74, 6) is 0. The molecule has 18 heavy (non-hydrogen) atoms. The van der Waals surface area contributed by atoms with Crippen LogP contribution in [0.2, 0.25) is 0 Å². The average molecular weight is 241 g/mol. The van der Waals surface area contributed by atoms with Crippen LogP contribution in [-0.4, -0.2) is 36.7 Å². The maximum Gasteiger partial charge on any atom is 0.0639 e. The minimum atomic E-state index is 0.706. The molecule has 0 fully saturated rings. The van der Waals surface area contributed by atoms with Gasteiger partial charge in [-0.15, -0.1) is 0 Å². The van der Waals surface area contributed by atoms with E-state index in [1.807, 2.05) is 0 Å². The number of nitrogens with zero attached hydrogens (tertiary/aromatic N) is 2. The summed E-state index contributed by atoms with van der Waals surface area (Å²) >= 11 is 0. The number of likely N-dealkylation sites (N-methyl/N-ethyl adjacent to an activating group) is 1. The Labute approximate surface area is 108 Å². The molecule has 0 radical (unpaired) electrons. The summed E-state index contributed by atoms with van der Waals surface area (Å²) in [6.07, 6.45) is 2.24. The van der Waals surface area contributed by atoms with Crippen LogP contribution < -0.4 is 0 Å². The summed E-state index contributed by atoms with van der Waals surface area (Å²) < 4.78 is 0. The Morgan fingerprint density at radius 3 is 3.00 bits per heavy atom. The molecule has 3 rings (SSSR count). The van der Waals surface area contributed by atoms with E-state index in [1.54, 1.807) is 0 Å². The predicted molar refractivity (Wildman–Crippen MR) is 76.5 cm³/mol. The van der Waals surface area contributed by atoms with Crippen molar-refractivity contribution in [3.05, 3.63) is 35.0 Å². The molecule has 0 saturated heterocycles. The van der Waals surface area contributed by atoms with Gasteiger partial charge in [0.15, 0.2) is 0 Å². The minimum absolute atomic E-state index is 0.706. The quantitative estimate of drug-likeness (QED) is 0.804. The second-order valence-electron chi connectivity index (χ2n) is 5.11. The standard InChI is InChI=1S/C15H19N3/c1-16-10-11-4-3-5-14-15(11)12-6-8-18(2)9-7-13(12)17-14/h3-5,17H,1,6-10H2,2H3. The maximum atomic E-state index is 4.05. The molecule has 0 spiro atoms. The molecule has 0 unspecified atom stereocenters. The molecule has 0 aliphatic carbocycles. The van der Waals surface area contributed by atoms with Gasteiger partial charge in [-0.25, -0.2) is 0 Å². The first kappa shape index (κ1) is 11.5. The minimum Gasteiger partial charge on any atom is -0.358 e. The van der Waals surface area contributed by atoms with Gasteiger partial charge in [-0.2, -0.15) is 0 Å². The summed E-state index contributed by atoms with van der Waals surface area (Å²) in [5, 5.41) is 1.38. The molecule has 0 saturated carbocycles. The molecule has 1 N–H and O–H groups in total. The molecule has 0 bridgehead atoms. The van der Waals surface area contributed by atoms with E-state index in [1.165, 1.54) is 27.7 Å². The van der Waals surface area contributed by atoms with Crippen LogP contribution >= 0.6 is 0 Å². The second kappa shape index (κ2) is 4.58. The number of H-pyrrole nitrogens is 1. The van der Waals surface area contributed by atoms with E-state index in [2.05, 4.69) is 46.8 Å². The normalized spacial score (nSPS) is 16.5. The highest BCUT2D eigenvalue weighted by molar-refractivity contribution is 5.88. The summed E-state index contributed by atoms with van der Waals surface area (Å²) in [6.45, 7) is 6.60. The van der Waals surface area contributed by atoms with Gasteiger partial charge < -0.3 is 9.88 Å². The lowest BCUT2D eigenvalue weighted by atomic mass is 10.0. The molecular formula is C15H19N3. The van der Waals surface area contributed by atoms with Crippen molar-refractivity contribution in [3.8, 4) is 0 Å². The monoisotopic (exact) mass is 241 g/mol. The fourth-order valence-electron chi connectivity index (χ4n) is 2.91. The first-order valence-corrected chi connectivity index (χ1v) is 6.52. The lowest BCUT2D eigenvalue weighted by Gasteiger charge is -2.11. The van der Waals surface area contributed by atoms with Crippen molar-refractivity contribution < 1.29 is 0 Å². The molecule has 0 amide bonds. The zero-order valence-corrected chi connectivity index (χ0v) is 10.9. The van der Waals surface area contributed by atoms with Crippen LogP contribution in [0, 0.1) is 0 Å². The van der Waals surface area contributed by atoms with Gasteiger partial charge in [-0.3, -0.25) is 4.99 Å². The van der Waals surface area contributed by atoms with Gasteiger partial charge in [-0.05, 0) is 37.4 Å². The third kappa shape index (κ3) is 1.85. The van der Waals surface area contributed by atoms with Crippen LogP contribution in [-0.2, 0) is 19.4 Å². The van der Waals surface area contributed by atoms with E-state index in [4.69, 9.17) is 0 Å². The highest BCUT2D eigenvalue weighted by Gasteiger charge is 2.17. The summed E-state index contributed by atoms with van der Waals surface area (Å²) in [6, 6.07) is 6.44. The number of nitrogens with one attached hydrogen (secondary N) is 1. The highest BCUT2D eigenvalue weighted by Crippen LogP contribution is 2.29. The van der Waals surface area contributed by atoms with Crippen LogP contribution in [0.25, 0.3) is 10.9 Å². The van der Waals surface area contributed by atoms with Gasteiger partial charge in [0.2, 0.25) is 0 Å². The number of aromatic nitrogens is 1. The largest absolute Gasteiger partial charge is 0.358 e. The molecule has 3 nitrogen and oxygen atoms in total. The number of fused-ring (bicyclic) bond motifs is 3. The van der Waals surface area contributed by atoms with Crippen molar-refractivity contribution in [1.82, 2.24) is 9.88 Å². The van der Waals surface area contributed by atoms with Gasteiger partial charge in [0.25, 0.3) is 0 Å². The van der Waals surface area contributed by atoms with Crippen molar-refractivity contribution in [3.63, 3.8) is 0 Å². The maximum absolute atomic E-state index is 4.05. The highest BCUT2D eigenvalue weighted by atomic mass is 15.1. The topological polar surface area (TPSA) is 31.4 Å². The smallest absolute Gasteiger partial charge is 0.0639 e. The van der Waals surface area contributed by atoms with Crippen molar-refractivity contribution in [2.75, 3.05) is 20.1 Å². The molecule has 1 aromatic heterocycles. The van der Waals surface area contributed by atoms with Crippen LogP contribution in [0.3, 0.4) is 0 Å². The number of aliphatic imine (C=N–C) groups is 1. The van der Waals surface area contributed by atoms with Gasteiger partial charge in [0.05, 0.1) is 6.54 Å².